The van der Waals surface area contributed by atoms with Gasteiger partial charge in [0.1, 0.15) is 15.7 Å². The topological polar surface area (TPSA) is 60.8 Å². The molecule has 1 aliphatic heterocycles. The summed E-state index contributed by atoms with van der Waals surface area (Å²) in [6.07, 6.45) is 1.98. The number of hydrogen-bond donors (Lipinski definition) is 0. The number of methoxy groups -OCH3 is 2. The molecule has 0 saturated carbocycles. The molecule has 8 heteroatoms. The van der Waals surface area contributed by atoms with Crippen molar-refractivity contribution in [2.24, 2.45) is 0 Å². The first-order valence-corrected chi connectivity index (χ1v) is 10.8. The van der Waals surface area contributed by atoms with E-state index in [1.54, 1.807) is 42.1 Å². The summed E-state index contributed by atoms with van der Waals surface area (Å²) in [5, 5.41) is 1.78. The molecule has 0 radical (unpaired) electrons. The first kappa shape index (κ1) is 18.1. The van der Waals surface area contributed by atoms with E-state index in [2.05, 4.69) is 4.57 Å². The van der Waals surface area contributed by atoms with Crippen LogP contribution >= 0.6 is 11.3 Å². The maximum Gasteiger partial charge on any atom is 0.253 e. The van der Waals surface area contributed by atoms with E-state index in [1.807, 2.05) is 30.5 Å². The van der Waals surface area contributed by atoms with Crippen LogP contribution in [0.5, 0.6) is 11.5 Å². The van der Waals surface area contributed by atoms with Gasteiger partial charge in [0.15, 0.2) is 0 Å². The van der Waals surface area contributed by atoms with Gasteiger partial charge in [0.2, 0.25) is 0 Å². The largest absolute Gasteiger partial charge is 0.497 e. The van der Waals surface area contributed by atoms with Crippen LogP contribution in [0.1, 0.15) is 17.3 Å². The van der Waals surface area contributed by atoms with Crippen molar-refractivity contribution in [2.75, 3.05) is 20.8 Å². The maximum absolute atomic E-state index is 13.3. The van der Waals surface area contributed by atoms with Crippen LogP contribution in [-0.4, -0.2) is 38.1 Å². The molecular formula is C19H20N2O4S2. The number of sulfonamides is 1. The van der Waals surface area contributed by atoms with Gasteiger partial charge in [0.05, 0.1) is 20.3 Å². The fourth-order valence-corrected chi connectivity index (χ4v) is 6.20. The summed E-state index contributed by atoms with van der Waals surface area (Å²) in [6, 6.07) is 12.3. The second-order valence-electron chi connectivity index (χ2n) is 6.18. The molecule has 1 atom stereocenters. The minimum Gasteiger partial charge on any atom is -0.497 e. The highest BCUT2D eigenvalue weighted by Crippen LogP contribution is 2.41. The second kappa shape index (κ2) is 7.03. The van der Waals surface area contributed by atoms with Crippen molar-refractivity contribution < 1.29 is 17.9 Å². The van der Waals surface area contributed by atoms with Gasteiger partial charge < -0.3 is 14.0 Å². The van der Waals surface area contributed by atoms with Crippen molar-refractivity contribution in [3.05, 3.63) is 65.3 Å². The molecule has 1 aromatic carbocycles. The van der Waals surface area contributed by atoms with Gasteiger partial charge in [-0.1, -0.05) is 6.07 Å². The van der Waals surface area contributed by atoms with Gasteiger partial charge in [-0.3, -0.25) is 0 Å². The number of thiophene rings is 1. The number of fused-ring (bicyclic) bond motifs is 1. The van der Waals surface area contributed by atoms with E-state index in [4.69, 9.17) is 9.47 Å². The van der Waals surface area contributed by atoms with Crippen molar-refractivity contribution in [2.45, 2.75) is 16.8 Å². The summed E-state index contributed by atoms with van der Waals surface area (Å²) in [5.74, 6) is 1.26. The molecule has 1 aliphatic rings. The number of rotatable bonds is 5. The van der Waals surface area contributed by atoms with Gasteiger partial charge >= 0.3 is 0 Å². The molecule has 3 aromatic rings. The normalized spacial score (nSPS) is 17.5. The highest BCUT2D eigenvalue weighted by Gasteiger charge is 2.39. The molecule has 0 bridgehead atoms. The average Bonchev–Trinajstić information content (AvgIpc) is 3.38. The highest BCUT2D eigenvalue weighted by atomic mass is 32.2. The van der Waals surface area contributed by atoms with Gasteiger partial charge in [-0.05, 0) is 35.7 Å². The first-order valence-electron chi connectivity index (χ1n) is 8.48. The molecule has 1 unspecified atom stereocenters. The molecule has 6 nitrogen and oxygen atoms in total. The van der Waals surface area contributed by atoms with Crippen LogP contribution < -0.4 is 9.47 Å². The standard InChI is InChI=1S/C19H20N2O4S2/c1-24-14-7-8-15(17(13-14)25-2)19-16-5-3-9-20(16)10-11-21(19)27(22,23)18-6-4-12-26-18/h3-9,12-13,19H,10-11H2,1-2H3. The zero-order valence-electron chi connectivity index (χ0n) is 15.0. The van der Waals surface area contributed by atoms with E-state index in [0.29, 0.717) is 28.8 Å². The smallest absolute Gasteiger partial charge is 0.253 e. The van der Waals surface area contributed by atoms with Crippen molar-refractivity contribution in [3.63, 3.8) is 0 Å². The van der Waals surface area contributed by atoms with E-state index in [0.717, 1.165) is 11.3 Å². The molecule has 0 amide bonds. The average molecular weight is 405 g/mol. The lowest BCUT2D eigenvalue weighted by Gasteiger charge is -2.36. The Morgan fingerprint density at radius 1 is 1.07 bits per heavy atom. The van der Waals surface area contributed by atoms with E-state index in [9.17, 15) is 8.42 Å². The summed E-state index contributed by atoms with van der Waals surface area (Å²) in [6.45, 7) is 1.00. The molecule has 0 N–H and O–H groups in total. The van der Waals surface area contributed by atoms with Gasteiger partial charge in [-0.25, -0.2) is 8.42 Å². The SMILES string of the molecule is COc1ccc(C2c3cccn3CCN2S(=O)(=O)c2cccs2)c(OC)c1. The molecule has 0 spiro atoms. The number of ether oxygens (including phenoxy) is 2. The predicted octanol–water partition coefficient (Wildman–Crippen LogP) is 3.36. The van der Waals surface area contributed by atoms with Gasteiger partial charge in [0.25, 0.3) is 10.0 Å². The monoisotopic (exact) mass is 404 g/mol. The van der Waals surface area contributed by atoms with Crippen LogP contribution in [0.4, 0.5) is 0 Å². The third kappa shape index (κ3) is 3.03. The lowest BCUT2D eigenvalue weighted by molar-refractivity contribution is 0.290. The predicted molar refractivity (Wildman–Crippen MR) is 104 cm³/mol. The van der Waals surface area contributed by atoms with Crippen LogP contribution in [0.15, 0.2) is 58.3 Å². The Bertz CT molecular complexity index is 1040. The number of nitrogens with zero attached hydrogens (tertiary/aromatic N) is 2. The Labute approximate surface area is 162 Å². The van der Waals surface area contributed by atoms with E-state index < -0.39 is 16.1 Å². The number of aromatic nitrogens is 1. The molecular weight excluding hydrogens is 384 g/mol. The van der Waals surface area contributed by atoms with E-state index in [1.165, 1.54) is 11.3 Å². The quantitative estimate of drug-likeness (QED) is 0.654. The zero-order chi connectivity index (χ0) is 19.0. The number of benzene rings is 1. The molecule has 0 aliphatic carbocycles. The van der Waals surface area contributed by atoms with E-state index in [-0.39, 0.29) is 0 Å². The summed E-state index contributed by atoms with van der Waals surface area (Å²) in [5.41, 5.74) is 1.71. The Morgan fingerprint density at radius 2 is 1.93 bits per heavy atom. The maximum atomic E-state index is 13.3. The molecule has 27 heavy (non-hydrogen) atoms. The lowest BCUT2D eigenvalue weighted by atomic mass is 10.0. The molecule has 0 fully saturated rings. The fourth-order valence-electron chi connectivity index (χ4n) is 3.51. The summed E-state index contributed by atoms with van der Waals surface area (Å²) in [4.78, 5) is 0. The Balaban J connectivity index is 1.89. The van der Waals surface area contributed by atoms with Gasteiger partial charge in [-0.2, -0.15) is 4.31 Å². The molecule has 4 rings (SSSR count). The van der Waals surface area contributed by atoms with Crippen LogP contribution in [0, 0.1) is 0 Å². The van der Waals surface area contributed by atoms with Crippen LogP contribution in [-0.2, 0) is 16.6 Å². The van der Waals surface area contributed by atoms with Crippen LogP contribution in [0.25, 0.3) is 0 Å². The van der Waals surface area contributed by atoms with Crippen molar-refractivity contribution in [1.82, 2.24) is 8.87 Å². The Morgan fingerprint density at radius 3 is 2.63 bits per heavy atom. The minimum absolute atomic E-state index is 0.347. The highest BCUT2D eigenvalue weighted by molar-refractivity contribution is 7.91. The zero-order valence-corrected chi connectivity index (χ0v) is 16.7. The second-order valence-corrected chi connectivity index (χ2v) is 9.25. The molecule has 0 saturated heterocycles. The lowest BCUT2D eigenvalue weighted by Crippen LogP contribution is -2.42. The first-order chi connectivity index (χ1) is 13.1. The summed E-state index contributed by atoms with van der Waals surface area (Å²) >= 11 is 1.23. The van der Waals surface area contributed by atoms with E-state index >= 15 is 0 Å². The molecule has 2 aromatic heterocycles. The third-order valence-corrected chi connectivity index (χ3v) is 8.02. The summed E-state index contributed by atoms with van der Waals surface area (Å²) in [7, 11) is -0.453. The van der Waals surface area contributed by atoms with Crippen molar-refractivity contribution >= 4 is 21.4 Å². The Hall–Kier alpha value is -2.29. The molecule has 3 heterocycles. The summed E-state index contributed by atoms with van der Waals surface area (Å²) < 4.78 is 41.6. The third-order valence-electron chi connectivity index (χ3n) is 4.79. The molecule has 142 valence electrons. The minimum atomic E-state index is -3.63. The van der Waals surface area contributed by atoms with Crippen LogP contribution in [0.2, 0.25) is 0 Å². The van der Waals surface area contributed by atoms with Crippen molar-refractivity contribution in [3.8, 4) is 11.5 Å². The fraction of sp³-hybridized carbons (Fsp3) is 0.263. The number of hydrogen-bond acceptors (Lipinski definition) is 5. The van der Waals surface area contributed by atoms with Gasteiger partial charge in [-0.15, -0.1) is 11.3 Å². The van der Waals surface area contributed by atoms with Crippen molar-refractivity contribution in [1.29, 1.82) is 0 Å². The Kier molecular flexibility index (Phi) is 4.71. The van der Waals surface area contributed by atoms with Gasteiger partial charge in [0, 0.05) is 36.6 Å². The van der Waals surface area contributed by atoms with Crippen LogP contribution in [0.3, 0.4) is 0 Å².